The number of carbonyl (C=O) groups excluding carboxylic acids is 1. The van der Waals surface area contributed by atoms with Crippen molar-refractivity contribution in [2.75, 3.05) is 20.3 Å². The van der Waals surface area contributed by atoms with Crippen LogP contribution in [0.1, 0.15) is 30.7 Å². The molecule has 168 valence electrons. The molecule has 0 spiro atoms. The van der Waals surface area contributed by atoms with Gasteiger partial charge in [-0.15, -0.1) is 0 Å². The SMILES string of the molecule is COC1(c2cc(OC3CC(O)C3)cc(-n3ncc4cnc(CC(N)=O)cc43)n2)CCOC1. The molecule has 2 aliphatic rings. The first-order chi connectivity index (χ1) is 15.5. The standard InChI is InChI=1S/C22H25N5O5/c1-30-22(2-3-31-12-22)19-8-17(32-16-6-15(28)7-16)9-21(26-19)27-18-4-14(5-20(23)29)24-10-13(18)11-25-27/h4,8-11,15-16,28H,2-3,5-7,12H2,1H3,(H2,23,29). The summed E-state index contributed by atoms with van der Waals surface area (Å²) in [6.07, 6.45) is 4.89. The first-order valence-electron chi connectivity index (χ1n) is 10.6. The fourth-order valence-corrected chi connectivity index (χ4v) is 4.16. The molecule has 1 saturated carbocycles. The molecule has 1 aliphatic heterocycles. The van der Waals surface area contributed by atoms with E-state index in [0.717, 1.165) is 10.9 Å². The van der Waals surface area contributed by atoms with Crippen LogP contribution in [0.25, 0.3) is 16.7 Å². The lowest BCUT2D eigenvalue weighted by Crippen LogP contribution is -2.37. The molecule has 3 N–H and O–H groups in total. The molecule has 1 amide bonds. The number of aromatic nitrogens is 4. The normalized spacial score (nSPS) is 25.1. The molecule has 1 atom stereocenters. The van der Waals surface area contributed by atoms with Gasteiger partial charge >= 0.3 is 0 Å². The van der Waals surface area contributed by atoms with Crippen molar-refractivity contribution >= 4 is 16.8 Å². The van der Waals surface area contributed by atoms with E-state index in [2.05, 4.69) is 10.1 Å². The van der Waals surface area contributed by atoms with E-state index < -0.39 is 11.5 Å². The third-order valence-electron chi connectivity index (χ3n) is 6.08. The Morgan fingerprint density at radius 1 is 1.34 bits per heavy atom. The second-order valence-corrected chi connectivity index (χ2v) is 8.35. The van der Waals surface area contributed by atoms with Gasteiger partial charge in [-0.25, -0.2) is 9.67 Å². The summed E-state index contributed by atoms with van der Waals surface area (Å²) in [6, 6.07) is 5.47. The van der Waals surface area contributed by atoms with Gasteiger partial charge in [0.2, 0.25) is 5.91 Å². The third kappa shape index (κ3) is 3.81. The van der Waals surface area contributed by atoms with E-state index >= 15 is 0 Å². The maximum atomic E-state index is 11.3. The van der Waals surface area contributed by atoms with Crippen LogP contribution in [0.4, 0.5) is 0 Å². The summed E-state index contributed by atoms with van der Waals surface area (Å²) < 4.78 is 19.3. The number of rotatable bonds is 7. The highest BCUT2D eigenvalue weighted by Gasteiger charge is 2.39. The van der Waals surface area contributed by atoms with Gasteiger partial charge in [0.1, 0.15) is 17.5 Å². The maximum Gasteiger partial charge on any atom is 0.223 e. The van der Waals surface area contributed by atoms with E-state index in [4.69, 9.17) is 24.9 Å². The van der Waals surface area contributed by atoms with E-state index in [1.54, 1.807) is 30.3 Å². The zero-order valence-electron chi connectivity index (χ0n) is 17.7. The number of nitrogens with two attached hydrogens (primary N) is 1. The predicted octanol–water partition coefficient (Wildman–Crippen LogP) is 1.01. The number of methoxy groups -OCH3 is 1. The van der Waals surface area contributed by atoms with Crippen molar-refractivity contribution in [3.05, 3.63) is 42.0 Å². The molecule has 4 heterocycles. The molecule has 1 aliphatic carbocycles. The summed E-state index contributed by atoms with van der Waals surface area (Å²) in [5, 5.41) is 14.9. The van der Waals surface area contributed by atoms with Crippen molar-refractivity contribution in [3.63, 3.8) is 0 Å². The van der Waals surface area contributed by atoms with E-state index in [1.807, 2.05) is 12.1 Å². The Morgan fingerprint density at radius 2 is 2.19 bits per heavy atom. The number of ether oxygens (including phenoxy) is 3. The zero-order chi connectivity index (χ0) is 22.3. The fourth-order valence-electron chi connectivity index (χ4n) is 4.16. The number of hydrogen-bond acceptors (Lipinski definition) is 8. The highest BCUT2D eigenvalue weighted by molar-refractivity contribution is 5.82. The van der Waals surface area contributed by atoms with Gasteiger partial charge in [-0.1, -0.05) is 0 Å². The smallest absolute Gasteiger partial charge is 0.223 e. The van der Waals surface area contributed by atoms with Gasteiger partial charge in [0.25, 0.3) is 0 Å². The van der Waals surface area contributed by atoms with E-state index in [9.17, 15) is 9.90 Å². The van der Waals surface area contributed by atoms with Crippen LogP contribution < -0.4 is 10.5 Å². The number of carbonyl (C=O) groups is 1. The molecular weight excluding hydrogens is 414 g/mol. The van der Waals surface area contributed by atoms with Gasteiger partial charge in [-0.2, -0.15) is 5.10 Å². The van der Waals surface area contributed by atoms with Gasteiger partial charge in [-0.05, 0) is 6.07 Å². The minimum absolute atomic E-state index is 0.0388. The molecule has 32 heavy (non-hydrogen) atoms. The second kappa shape index (κ2) is 8.12. The van der Waals surface area contributed by atoms with E-state index in [0.29, 0.717) is 55.4 Å². The Hall–Kier alpha value is -3.08. The predicted molar refractivity (Wildman–Crippen MR) is 113 cm³/mol. The maximum absolute atomic E-state index is 11.3. The van der Waals surface area contributed by atoms with Crippen molar-refractivity contribution in [2.24, 2.45) is 5.73 Å². The number of aliphatic hydroxyl groups is 1. The minimum Gasteiger partial charge on any atom is -0.490 e. The highest BCUT2D eigenvalue weighted by atomic mass is 16.5. The van der Waals surface area contributed by atoms with Crippen LogP contribution in [0.3, 0.4) is 0 Å². The lowest BCUT2D eigenvalue weighted by Gasteiger charge is -2.32. The van der Waals surface area contributed by atoms with Crippen LogP contribution in [0.15, 0.2) is 30.6 Å². The van der Waals surface area contributed by atoms with Gasteiger partial charge in [-0.3, -0.25) is 9.78 Å². The van der Waals surface area contributed by atoms with Crippen LogP contribution in [-0.4, -0.2) is 63.3 Å². The summed E-state index contributed by atoms with van der Waals surface area (Å²) in [5.41, 5.74) is 6.66. The van der Waals surface area contributed by atoms with Crippen LogP contribution in [0.5, 0.6) is 5.75 Å². The number of hydrogen-bond donors (Lipinski definition) is 2. The molecule has 1 saturated heterocycles. The highest BCUT2D eigenvalue weighted by Crippen LogP contribution is 2.36. The van der Waals surface area contributed by atoms with Crippen LogP contribution in [0.2, 0.25) is 0 Å². The zero-order valence-corrected chi connectivity index (χ0v) is 17.7. The third-order valence-corrected chi connectivity index (χ3v) is 6.08. The summed E-state index contributed by atoms with van der Waals surface area (Å²) >= 11 is 0. The van der Waals surface area contributed by atoms with Crippen molar-refractivity contribution in [1.82, 2.24) is 19.7 Å². The molecule has 1 unspecified atom stereocenters. The Labute approximate surface area is 184 Å². The minimum atomic E-state index is -0.672. The Bertz CT molecular complexity index is 1150. The monoisotopic (exact) mass is 439 g/mol. The topological polar surface area (TPSA) is 135 Å². The van der Waals surface area contributed by atoms with Crippen molar-refractivity contribution in [3.8, 4) is 11.6 Å². The lowest BCUT2D eigenvalue weighted by molar-refractivity contribution is -0.117. The molecule has 3 aromatic heterocycles. The van der Waals surface area contributed by atoms with E-state index in [-0.39, 0.29) is 18.6 Å². The Balaban J connectivity index is 1.59. The van der Waals surface area contributed by atoms with Gasteiger partial charge < -0.3 is 25.1 Å². The number of amides is 1. The Kier molecular flexibility index (Phi) is 5.28. The lowest BCUT2D eigenvalue weighted by atomic mass is 9.92. The molecular formula is C22H25N5O5. The molecule has 0 radical (unpaired) electrons. The number of pyridine rings is 2. The van der Waals surface area contributed by atoms with Crippen molar-refractivity contribution in [1.29, 1.82) is 0 Å². The fraction of sp³-hybridized carbons (Fsp3) is 0.455. The van der Waals surface area contributed by atoms with Gasteiger partial charge in [0, 0.05) is 56.7 Å². The van der Waals surface area contributed by atoms with Crippen LogP contribution in [0, 0.1) is 0 Å². The van der Waals surface area contributed by atoms with E-state index in [1.165, 1.54) is 0 Å². The molecule has 0 aromatic carbocycles. The Morgan fingerprint density at radius 3 is 2.88 bits per heavy atom. The number of fused-ring (bicyclic) bond motifs is 1. The van der Waals surface area contributed by atoms with Gasteiger partial charge in [0.15, 0.2) is 5.82 Å². The average molecular weight is 439 g/mol. The summed E-state index contributed by atoms with van der Waals surface area (Å²) in [7, 11) is 1.65. The average Bonchev–Trinajstić information content (AvgIpc) is 3.40. The summed E-state index contributed by atoms with van der Waals surface area (Å²) in [4.78, 5) is 20.5. The van der Waals surface area contributed by atoms with Crippen LogP contribution in [-0.2, 0) is 26.3 Å². The van der Waals surface area contributed by atoms with Crippen LogP contribution >= 0.6 is 0 Å². The largest absolute Gasteiger partial charge is 0.490 e. The molecule has 2 fully saturated rings. The second-order valence-electron chi connectivity index (χ2n) is 8.35. The summed E-state index contributed by atoms with van der Waals surface area (Å²) in [5.74, 6) is 0.719. The first-order valence-corrected chi connectivity index (χ1v) is 10.6. The quantitative estimate of drug-likeness (QED) is 0.557. The first kappa shape index (κ1) is 20.8. The number of aliphatic hydroxyl groups excluding tert-OH is 1. The number of primary amides is 1. The molecule has 3 aromatic rings. The summed E-state index contributed by atoms with van der Waals surface area (Å²) in [6.45, 7) is 0.978. The van der Waals surface area contributed by atoms with Crippen molar-refractivity contribution < 1.29 is 24.1 Å². The molecule has 0 bridgehead atoms. The molecule has 10 heteroatoms. The van der Waals surface area contributed by atoms with Gasteiger partial charge in [0.05, 0.1) is 42.2 Å². The molecule has 10 nitrogen and oxygen atoms in total. The number of nitrogens with zero attached hydrogens (tertiary/aromatic N) is 4. The molecule has 5 rings (SSSR count). The van der Waals surface area contributed by atoms with Crippen molar-refractivity contribution in [2.45, 2.75) is 43.5 Å².